The van der Waals surface area contributed by atoms with Crippen molar-refractivity contribution >= 4 is 12.0 Å². The van der Waals surface area contributed by atoms with Crippen LogP contribution < -0.4 is 4.90 Å². The quantitative estimate of drug-likeness (QED) is 0.788. The summed E-state index contributed by atoms with van der Waals surface area (Å²) in [7, 11) is 0. The van der Waals surface area contributed by atoms with E-state index in [-0.39, 0.29) is 12.1 Å². The van der Waals surface area contributed by atoms with E-state index < -0.39 is 0 Å². The Morgan fingerprint density at radius 3 is 2.78 bits per heavy atom. The number of hydrogen-bond donors (Lipinski definition) is 0. The molecule has 0 bridgehead atoms. The van der Waals surface area contributed by atoms with Crippen LogP contribution in [0.2, 0.25) is 0 Å². The highest BCUT2D eigenvalue weighted by atomic mass is 16.6. The summed E-state index contributed by atoms with van der Waals surface area (Å²) in [6.45, 7) is 6.29. The normalized spacial score (nSPS) is 19.8. The third-order valence-corrected chi connectivity index (χ3v) is 2.96. The van der Waals surface area contributed by atoms with Gasteiger partial charge in [0.15, 0.2) is 0 Å². The van der Waals surface area contributed by atoms with E-state index in [4.69, 9.17) is 4.74 Å². The Hall–Kier alpha value is -1.85. The van der Waals surface area contributed by atoms with E-state index in [9.17, 15) is 4.79 Å². The van der Waals surface area contributed by atoms with Crippen molar-refractivity contribution in [2.24, 2.45) is 0 Å². The van der Waals surface area contributed by atoms with Gasteiger partial charge in [0.05, 0.1) is 6.61 Å². The lowest BCUT2D eigenvalue weighted by Gasteiger charge is -2.39. The number of carbonyl (C=O) groups is 1. The average molecular weight is 250 g/mol. The highest BCUT2D eigenvalue weighted by Gasteiger charge is 2.28. The molecule has 2 heterocycles. The van der Waals surface area contributed by atoms with Crippen molar-refractivity contribution in [3.05, 3.63) is 18.5 Å². The Labute approximate surface area is 107 Å². The van der Waals surface area contributed by atoms with Gasteiger partial charge in [-0.2, -0.15) is 0 Å². The van der Waals surface area contributed by atoms with Crippen LogP contribution in [0.15, 0.2) is 18.5 Å². The van der Waals surface area contributed by atoms with E-state index in [1.54, 1.807) is 23.4 Å². The molecular weight excluding hydrogens is 232 g/mol. The van der Waals surface area contributed by atoms with Crippen LogP contribution in [0.5, 0.6) is 0 Å². The van der Waals surface area contributed by atoms with Crippen LogP contribution in [-0.2, 0) is 4.74 Å². The highest BCUT2D eigenvalue weighted by molar-refractivity contribution is 5.68. The number of amides is 1. The maximum Gasteiger partial charge on any atom is 0.409 e. The number of nitrogens with zero attached hydrogens (tertiary/aromatic N) is 4. The van der Waals surface area contributed by atoms with Crippen LogP contribution >= 0.6 is 0 Å². The maximum atomic E-state index is 11.6. The molecule has 0 spiro atoms. The SMILES string of the molecule is CCOC(=O)N1CCN(c2ncccn2)C(C)C1. The molecule has 1 atom stereocenters. The van der Waals surface area contributed by atoms with Crippen LogP contribution in [0, 0.1) is 0 Å². The van der Waals surface area contributed by atoms with Crippen LogP contribution in [0.4, 0.5) is 10.7 Å². The molecule has 1 saturated heterocycles. The minimum atomic E-state index is -0.238. The fraction of sp³-hybridized carbons (Fsp3) is 0.583. The lowest BCUT2D eigenvalue weighted by atomic mass is 10.2. The molecule has 18 heavy (non-hydrogen) atoms. The van der Waals surface area contributed by atoms with Crippen LogP contribution in [0.25, 0.3) is 0 Å². The number of hydrogen-bond acceptors (Lipinski definition) is 5. The zero-order valence-electron chi connectivity index (χ0n) is 10.7. The first-order valence-electron chi connectivity index (χ1n) is 6.17. The molecule has 0 aromatic carbocycles. The monoisotopic (exact) mass is 250 g/mol. The van der Waals surface area contributed by atoms with Crippen LogP contribution in [0.3, 0.4) is 0 Å². The highest BCUT2D eigenvalue weighted by Crippen LogP contribution is 2.15. The van der Waals surface area contributed by atoms with Gasteiger partial charge < -0.3 is 14.5 Å². The first-order valence-corrected chi connectivity index (χ1v) is 6.17. The summed E-state index contributed by atoms with van der Waals surface area (Å²) in [6, 6.07) is 1.98. The second-order valence-corrected chi connectivity index (χ2v) is 4.24. The van der Waals surface area contributed by atoms with Gasteiger partial charge in [-0.25, -0.2) is 14.8 Å². The summed E-state index contributed by atoms with van der Waals surface area (Å²) < 4.78 is 5.01. The van der Waals surface area contributed by atoms with Gasteiger partial charge in [0.25, 0.3) is 0 Å². The summed E-state index contributed by atoms with van der Waals surface area (Å²) in [5.74, 6) is 0.716. The van der Waals surface area contributed by atoms with E-state index >= 15 is 0 Å². The molecular formula is C12H18N4O2. The minimum absolute atomic E-state index is 0.186. The molecule has 0 saturated carbocycles. The molecule has 1 aliphatic heterocycles. The molecule has 1 fully saturated rings. The van der Waals surface area contributed by atoms with Crippen molar-refractivity contribution in [1.82, 2.24) is 14.9 Å². The van der Waals surface area contributed by atoms with Crippen LogP contribution in [0.1, 0.15) is 13.8 Å². The van der Waals surface area contributed by atoms with Gasteiger partial charge in [0, 0.05) is 38.1 Å². The summed E-state index contributed by atoms with van der Waals surface area (Å²) in [4.78, 5) is 24.0. The maximum absolute atomic E-state index is 11.6. The summed E-state index contributed by atoms with van der Waals surface area (Å²) in [5, 5.41) is 0. The molecule has 1 amide bonds. The zero-order chi connectivity index (χ0) is 13.0. The van der Waals surface area contributed by atoms with Gasteiger partial charge in [0.2, 0.25) is 5.95 Å². The fourth-order valence-corrected chi connectivity index (χ4v) is 2.07. The zero-order valence-corrected chi connectivity index (χ0v) is 10.7. The van der Waals surface area contributed by atoms with E-state index in [2.05, 4.69) is 21.8 Å². The minimum Gasteiger partial charge on any atom is -0.450 e. The Balaban J connectivity index is 1.99. The smallest absolute Gasteiger partial charge is 0.409 e. The van der Waals surface area contributed by atoms with Gasteiger partial charge in [-0.15, -0.1) is 0 Å². The summed E-state index contributed by atoms with van der Waals surface area (Å²) >= 11 is 0. The fourth-order valence-electron chi connectivity index (χ4n) is 2.07. The molecule has 0 N–H and O–H groups in total. The predicted molar refractivity (Wildman–Crippen MR) is 67.4 cm³/mol. The van der Waals surface area contributed by atoms with Crippen molar-refractivity contribution in [1.29, 1.82) is 0 Å². The molecule has 1 aromatic heterocycles. The molecule has 6 nitrogen and oxygen atoms in total. The third kappa shape index (κ3) is 2.69. The molecule has 1 aliphatic rings. The molecule has 1 unspecified atom stereocenters. The molecule has 6 heteroatoms. The van der Waals surface area contributed by atoms with E-state index in [1.807, 2.05) is 6.92 Å². The van der Waals surface area contributed by atoms with Crippen molar-refractivity contribution in [2.45, 2.75) is 19.9 Å². The Bertz CT molecular complexity index is 398. The van der Waals surface area contributed by atoms with Crippen molar-refractivity contribution in [3.8, 4) is 0 Å². The van der Waals surface area contributed by atoms with E-state index in [1.165, 1.54) is 0 Å². The van der Waals surface area contributed by atoms with Gasteiger partial charge >= 0.3 is 6.09 Å². The van der Waals surface area contributed by atoms with Gasteiger partial charge in [-0.05, 0) is 19.9 Å². The number of piperazine rings is 1. The topological polar surface area (TPSA) is 58.6 Å². The lowest BCUT2D eigenvalue weighted by molar-refractivity contribution is 0.0999. The Morgan fingerprint density at radius 2 is 2.17 bits per heavy atom. The second kappa shape index (κ2) is 5.66. The summed E-state index contributed by atoms with van der Waals surface area (Å²) in [5.41, 5.74) is 0. The molecule has 1 aromatic rings. The van der Waals surface area contributed by atoms with E-state index in [0.717, 1.165) is 6.54 Å². The van der Waals surface area contributed by atoms with E-state index in [0.29, 0.717) is 25.6 Å². The standard InChI is InChI=1S/C12H18N4O2/c1-3-18-12(17)15-7-8-16(10(2)9-15)11-13-5-4-6-14-11/h4-6,10H,3,7-9H2,1-2H3. The number of carbonyl (C=O) groups excluding carboxylic acids is 1. The number of rotatable bonds is 2. The van der Waals surface area contributed by atoms with Gasteiger partial charge in [0.1, 0.15) is 0 Å². The third-order valence-electron chi connectivity index (χ3n) is 2.96. The molecule has 0 radical (unpaired) electrons. The van der Waals surface area contributed by atoms with Crippen LogP contribution in [-0.4, -0.2) is 53.2 Å². The largest absolute Gasteiger partial charge is 0.450 e. The number of ether oxygens (including phenoxy) is 1. The average Bonchev–Trinajstić information content (AvgIpc) is 2.40. The number of aromatic nitrogens is 2. The first-order chi connectivity index (χ1) is 8.72. The van der Waals surface area contributed by atoms with Crippen molar-refractivity contribution in [3.63, 3.8) is 0 Å². The lowest BCUT2D eigenvalue weighted by Crippen LogP contribution is -2.54. The van der Waals surface area contributed by atoms with Crippen molar-refractivity contribution < 1.29 is 9.53 Å². The Morgan fingerprint density at radius 1 is 1.44 bits per heavy atom. The second-order valence-electron chi connectivity index (χ2n) is 4.24. The van der Waals surface area contributed by atoms with Crippen molar-refractivity contribution in [2.75, 3.05) is 31.1 Å². The Kier molecular flexibility index (Phi) is 3.96. The predicted octanol–water partition coefficient (Wildman–Crippen LogP) is 1.14. The summed E-state index contributed by atoms with van der Waals surface area (Å²) in [6.07, 6.45) is 3.22. The molecule has 2 rings (SSSR count). The molecule has 98 valence electrons. The number of anilines is 1. The first kappa shape index (κ1) is 12.6. The van der Waals surface area contributed by atoms with Gasteiger partial charge in [-0.1, -0.05) is 0 Å². The molecule has 0 aliphatic carbocycles. The van der Waals surface area contributed by atoms with Gasteiger partial charge in [-0.3, -0.25) is 0 Å².